The van der Waals surface area contributed by atoms with Gasteiger partial charge in [-0.3, -0.25) is 4.90 Å². The summed E-state index contributed by atoms with van der Waals surface area (Å²) >= 11 is 6.32. The second-order valence-electron chi connectivity index (χ2n) is 7.94. The molecule has 144 valence electrons. The van der Waals surface area contributed by atoms with E-state index in [0.29, 0.717) is 22.5 Å². The number of halogens is 1. The molecule has 27 heavy (non-hydrogen) atoms. The highest BCUT2D eigenvalue weighted by Gasteiger charge is 2.31. The number of nitrogens with two attached hydrogens (primary N) is 1. The SMILES string of the molecule is NS(=O)(=O)Cc1ccc(CN2C[C@@H]3CC[C@H]2Cc2ccccc2C3)cc1Cl. The second kappa shape index (κ2) is 7.55. The first-order chi connectivity index (χ1) is 12.9. The predicted molar refractivity (Wildman–Crippen MR) is 109 cm³/mol. The quantitative estimate of drug-likeness (QED) is 0.848. The van der Waals surface area contributed by atoms with Gasteiger partial charge < -0.3 is 0 Å². The molecule has 1 saturated heterocycles. The number of fused-ring (bicyclic) bond motifs is 2. The molecule has 2 aliphatic heterocycles. The molecular weight excluding hydrogens is 380 g/mol. The van der Waals surface area contributed by atoms with Gasteiger partial charge in [-0.2, -0.15) is 0 Å². The van der Waals surface area contributed by atoms with E-state index in [1.54, 1.807) is 6.07 Å². The molecule has 3 aliphatic rings. The van der Waals surface area contributed by atoms with E-state index in [9.17, 15) is 8.42 Å². The Morgan fingerprint density at radius 1 is 1.07 bits per heavy atom. The van der Waals surface area contributed by atoms with Crippen molar-refractivity contribution in [1.29, 1.82) is 0 Å². The van der Waals surface area contributed by atoms with Crippen molar-refractivity contribution in [3.8, 4) is 0 Å². The lowest BCUT2D eigenvalue weighted by atomic mass is 9.80. The van der Waals surface area contributed by atoms with E-state index in [1.165, 1.54) is 24.0 Å². The summed E-state index contributed by atoms with van der Waals surface area (Å²) < 4.78 is 22.6. The number of nitrogens with zero attached hydrogens (tertiary/aromatic N) is 1. The first-order valence-corrected chi connectivity index (χ1v) is 11.6. The molecule has 0 unspecified atom stereocenters. The van der Waals surface area contributed by atoms with Gasteiger partial charge in [-0.25, -0.2) is 13.6 Å². The normalized spacial score (nSPS) is 22.9. The van der Waals surface area contributed by atoms with Crippen molar-refractivity contribution in [3.05, 3.63) is 69.7 Å². The summed E-state index contributed by atoms with van der Waals surface area (Å²) in [5, 5.41) is 5.62. The molecule has 2 bridgehead atoms. The Morgan fingerprint density at radius 3 is 2.52 bits per heavy atom. The molecule has 0 aromatic heterocycles. The van der Waals surface area contributed by atoms with E-state index in [4.69, 9.17) is 16.7 Å². The lowest BCUT2D eigenvalue weighted by molar-refractivity contribution is 0.0938. The van der Waals surface area contributed by atoms with Crippen LogP contribution in [0.2, 0.25) is 5.02 Å². The Labute approximate surface area is 166 Å². The van der Waals surface area contributed by atoms with E-state index in [1.807, 2.05) is 12.1 Å². The summed E-state index contributed by atoms with van der Waals surface area (Å²) in [4.78, 5) is 2.58. The molecule has 2 aromatic carbocycles. The molecular formula is C21H25ClN2O2S. The molecule has 1 aliphatic carbocycles. The zero-order valence-corrected chi connectivity index (χ0v) is 16.8. The number of benzene rings is 2. The fourth-order valence-electron chi connectivity index (χ4n) is 4.55. The van der Waals surface area contributed by atoms with Crippen LogP contribution in [0.25, 0.3) is 0 Å². The zero-order valence-electron chi connectivity index (χ0n) is 15.3. The third-order valence-electron chi connectivity index (χ3n) is 5.86. The van der Waals surface area contributed by atoms with E-state index in [2.05, 4.69) is 29.2 Å². The van der Waals surface area contributed by atoms with Crippen molar-refractivity contribution in [2.75, 3.05) is 6.54 Å². The van der Waals surface area contributed by atoms with Crippen LogP contribution in [0.1, 0.15) is 35.1 Å². The van der Waals surface area contributed by atoms with Gasteiger partial charge in [0.05, 0.1) is 5.75 Å². The smallest absolute Gasteiger partial charge is 0.213 e. The van der Waals surface area contributed by atoms with Crippen molar-refractivity contribution in [3.63, 3.8) is 0 Å². The average molecular weight is 405 g/mol. The molecule has 2 aromatic rings. The minimum absolute atomic E-state index is 0.225. The number of hydrogen-bond donors (Lipinski definition) is 1. The Kier molecular flexibility index (Phi) is 5.30. The number of hydrogen-bond acceptors (Lipinski definition) is 3. The first kappa shape index (κ1) is 18.9. The maximum Gasteiger partial charge on any atom is 0.213 e. The molecule has 2 N–H and O–H groups in total. The van der Waals surface area contributed by atoms with Crippen LogP contribution in [0.3, 0.4) is 0 Å². The van der Waals surface area contributed by atoms with Gasteiger partial charge in [0.15, 0.2) is 0 Å². The van der Waals surface area contributed by atoms with Crippen LogP contribution in [0.15, 0.2) is 42.5 Å². The Bertz CT molecular complexity index is 945. The van der Waals surface area contributed by atoms with Crippen LogP contribution in [-0.2, 0) is 35.2 Å². The fraction of sp³-hybridized carbons (Fsp3) is 0.429. The van der Waals surface area contributed by atoms with Crippen molar-refractivity contribution < 1.29 is 8.42 Å². The summed E-state index contributed by atoms with van der Waals surface area (Å²) in [7, 11) is -3.58. The average Bonchev–Trinajstić information content (AvgIpc) is 2.57. The number of sulfonamides is 1. The maximum absolute atomic E-state index is 11.3. The Hall–Kier alpha value is -1.40. The maximum atomic E-state index is 11.3. The fourth-order valence-corrected chi connectivity index (χ4v) is 5.59. The lowest BCUT2D eigenvalue weighted by Crippen LogP contribution is -2.46. The predicted octanol–water partition coefficient (Wildman–Crippen LogP) is 3.51. The minimum Gasteiger partial charge on any atom is -0.296 e. The monoisotopic (exact) mass is 404 g/mol. The highest BCUT2D eigenvalue weighted by Crippen LogP contribution is 2.33. The lowest BCUT2D eigenvalue weighted by Gasteiger charge is -2.42. The standard InChI is InChI=1S/C21H25ClN2O2S/c22-21-10-16(5-7-19(21)14-27(23,25)26)13-24-12-15-6-8-20(24)11-18-4-2-1-3-17(18)9-15/h1-5,7,10,15,20H,6,8-9,11-14H2,(H2,23,25,26)/t15-,20+/m1/s1. The summed E-state index contributed by atoms with van der Waals surface area (Å²) in [6.45, 7) is 1.95. The minimum atomic E-state index is -3.58. The van der Waals surface area contributed by atoms with Crippen molar-refractivity contribution in [1.82, 2.24) is 4.90 Å². The molecule has 0 saturated carbocycles. The summed E-state index contributed by atoms with van der Waals surface area (Å²) in [5.74, 6) is 0.469. The largest absolute Gasteiger partial charge is 0.296 e. The van der Waals surface area contributed by atoms with Gasteiger partial charge in [-0.05, 0) is 59.9 Å². The van der Waals surface area contributed by atoms with Crippen LogP contribution < -0.4 is 5.14 Å². The third kappa shape index (κ3) is 4.54. The topological polar surface area (TPSA) is 63.4 Å². The Balaban J connectivity index is 1.52. The second-order valence-corrected chi connectivity index (χ2v) is 9.96. The van der Waals surface area contributed by atoms with Gasteiger partial charge >= 0.3 is 0 Å². The molecule has 0 radical (unpaired) electrons. The van der Waals surface area contributed by atoms with Gasteiger partial charge in [0.1, 0.15) is 0 Å². The number of piperidine rings is 1. The molecule has 5 rings (SSSR count). The van der Waals surface area contributed by atoms with Crippen LogP contribution in [-0.4, -0.2) is 25.9 Å². The summed E-state index contributed by atoms with van der Waals surface area (Å²) in [6, 6.07) is 15.1. The molecule has 0 amide bonds. The van der Waals surface area contributed by atoms with E-state index >= 15 is 0 Å². The molecule has 6 heteroatoms. The van der Waals surface area contributed by atoms with Gasteiger partial charge in [0.2, 0.25) is 10.0 Å². The zero-order chi connectivity index (χ0) is 19.0. The van der Waals surface area contributed by atoms with Crippen LogP contribution in [0.5, 0.6) is 0 Å². The molecule has 2 heterocycles. The van der Waals surface area contributed by atoms with Crippen molar-refractivity contribution in [2.24, 2.45) is 11.1 Å². The highest BCUT2D eigenvalue weighted by molar-refractivity contribution is 7.88. The van der Waals surface area contributed by atoms with Crippen LogP contribution in [0, 0.1) is 5.92 Å². The highest BCUT2D eigenvalue weighted by atomic mass is 35.5. The first-order valence-electron chi connectivity index (χ1n) is 9.46. The van der Waals surface area contributed by atoms with Crippen LogP contribution >= 0.6 is 11.6 Å². The van der Waals surface area contributed by atoms with Gasteiger partial charge in [0.25, 0.3) is 0 Å². The van der Waals surface area contributed by atoms with Crippen LogP contribution in [0.4, 0.5) is 0 Å². The number of rotatable bonds is 4. The van der Waals surface area contributed by atoms with Crippen molar-refractivity contribution >= 4 is 21.6 Å². The molecule has 1 fully saturated rings. The van der Waals surface area contributed by atoms with Gasteiger partial charge in [0, 0.05) is 24.2 Å². The van der Waals surface area contributed by atoms with E-state index < -0.39 is 10.0 Å². The summed E-state index contributed by atoms with van der Waals surface area (Å²) in [6.07, 6.45) is 4.79. The van der Waals surface area contributed by atoms with Crippen molar-refractivity contribution in [2.45, 2.75) is 44.0 Å². The molecule has 0 spiro atoms. The summed E-state index contributed by atoms with van der Waals surface area (Å²) in [5.41, 5.74) is 4.68. The number of primary sulfonamides is 1. The Morgan fingerprint density at radius 2 is 1.81 bits per heavy atom. The van der Waals surface area contributed by atoms with Gasteiger partial charge in [-0.15, -0.1) is 0 Å². The third-order valence-corrected chi connectivity index (χ3v) is 6.92. The molecule has 4 nitrogen and oxygen atoms in total. The van der Waals surface area contributed by atoms with E-state index in [-0.39, 0.29) is 5.75 Å². The van der Waals surface area contributed by atoms with Gasteiger partial charge in [-0.1, -0.05) is 48.0 Å². The molecule has 2 atom stereocenters. The van der Waals surface area contributed by atoms with E-state index in [0.717, 1.165) is 31.5 Å².